The minimum atomic E-state index is 0.148. The fourth-order valence-electron chi connectivity index (χ4n) is 3.20. The van der Waals surface area contributed by atoms with Crippen molar-refractivity contribution in [1.82, 2.24) is 4.90 Å². The van der Waals surface area contributed by atoms with Crippen molar-refractivity contribution >= 4 is 0 Å². The molecule has 0 aliphatic carbocycles. The largest absolute Gasteiger partial charge is 0.384 e. The minimum Gasteiger partial charge on any atom is -0.384 e. The van der Waals surface area contributed by atoms with Crippen LogP contribution in [0.15, 0.2) is 18.2 Å². The van der Waals surface area contributed by atoms with Crippen LogP contribution in [0, 0.1) is 19.8 Å². The third-order valence-electron chi connectivity index (χ3n) is 4.20. The van der Waals surface area contributed by atoms with Crippen LogP contribution in [0.1, 0.15) is 35.6 Å². The van der Waals surface area contributed by atoms with E-state index in [0.717, 1.165) is 26.1 Å². The molecule has 2 rings (SSSR count). The van der Waals surface area contributed by atoms with E-state index in [4.69, 9.17) is 10.5 Å². The third kappa shape index (κ3) is 4.30. The topological polar surface area (TPSA) is 38.5 Å². The van der Waals surface area contributed by atoms with E-state index in [2.05, 4.69) is 36.9 Å². The van der Waals surface area contributed by atoms with E-state index < -0.39 is 0 Å². The molecule has 2 unspecified atom stereocenters. The van der Waals surface area contributed by atoms with Gasteiger partial charge in [0.2, 0.25) is 0 Å². The molecule has 0 radical (unpaired) electrons. The second kappa shape index (κ2) is 7.21. The zero-order chi connectivity index (χ0) is 14.5. The number of nitrogens with zero attached hydrogens (tertiary/aromatic N) is 1. The van der Waals surface area contributed by atoms with Crippen molar-refractivity contribution in [3.05, 3.63) is 34.9 Å². The highest BCUT2D eigenvalue weighted by Gasteiger charge is 2.22. The van der Waals surface area contributed by atoms with Gasteiger partial charge in [-0.25, -0.2) is 0 Å². The minimum absolute atomic E-state index is 0.148. The van der Waals surface area contributed by atoms with Crippen molar-refractivity contribution in [2.24, 2.45) is 11.7 Å². The van der Waals surface area contributed by atoms with Crippen LogP contribution in [-0.2, 0) is 4.74 Å². The Labute approximate surface area is 123 Å². The Morgan fingerprint density at radius 1 is 1.30 bits per heavy atom. The Morgan fingerprint density at radius 3 is 2.65 bits per heavy atom. The Balaban J connectivity index is 1.82. The highest BCUT2D eigenvalue weighted by molar-refractivity contribution is 5.30. The molecule has 3 nitrogen and oxygen atoms in total. The molecule has 1 heterocycles. The Morgan fingerprint density at radius 2 is 2.00 bits per heavy atom. The first-order valence-electron chi connectivity index (χ1n) is 7.63. The van der Waals surface area contributed by atoms with Crippen LogP contribution >= 0.6 is 0 Å². The lowest BCUT2D eigenvalue weighted by Gasteiger charge is -2.19. The molecule has 1 aliphatic heterocycles. The molecule has 2 N–H and O–H groups in total. The molecule has 20 heavy (non-hydrogen) atoms. The number of nitrogens with two attached hydrogens (primary N) is 1. The summed E-state index contributed by atoms with van der Waals surface area (Å²) in [5.41, 5.74) is 10.2. The van der Waals surface area contributed by atoms with Crippen LogP contribution in [0.5, 0.6) is 0 Å². The highest BCUT2D eigenvalue weighted by atomic mass is 16.5. The van der Waals surface area contributed by atoms with Crippen LogP contribution in [0.25, 0.3) is 0 Å². The summed E-state index contributed by atoms with van der Waals surface area (Å²) < 4.78 is 5.24. The summed E-state index contributed by atoms with van der Waals surface area (Å²) in [6.07, 6.45) is 2.29. The lowest BCUT2D eigenvalue weighted by molar-refractivity contribution is 0.153. The summed E-state index contributed by atoms with van der Waals surface area (Å²) in [7, 11) is 1.79. The molecular formula is C17H28N2O. The summed E-state index contributed by atoms with van der Waals surface area (Å²) in [5.74, 6) is 0.706. The summed E-state index contributed by atoms with van der Waals surface area (Å²) >= 11 is 0. The standard InChI is InChI=1S/C17H28N2O/c1-13-8-14(2)10-16(9-13)17(18)5-7-19-6-4-15(11-19)12-20-3/h8-10,15,17H,4-7,11-12,18H2,1-3H3. The fraction of sp³-hybridized carbons (Fsp3) is 0.647. The molecule has 2 atom stereocenters. The van der Waals surface area contributed by atoms with Crippen molar-refractivity contribution in [3.63, 3.8) is 0 Å². The van der Waals surface area contributed by atoms with Crippen molar-refractivity contribution < 1.29 is 4.74 Å². The maximum Gasteiger partial charge on any atom is 0.0503 e. The van der Waals surface area contributed by atoms with E-state index in [1.165, 1.54) is 29.7 Å². The molecule has 0 spiro atoms. The summed E-state index contributed by atoms with van der Waals surface area (Å²) in [6.45, 7) is 8.60. The molecule has 1 aromatic carbocycles. The predicted molar refractivity (Wildman–Crippen MR) is 83.9 cm³/mol. The van der Waals surface area contributed by atoms with E-state index >= 15 is 0 Å². The van der Waals surface area contributed by atoms with E-state index in [0.29, 0.717) is 5.92 Å². The molecule has 1 aromatic rings. The van der Waals surface area contributed by atoms with Crippen LogP contribution in [-0.4, -0.2) is 38.3 Å². The fourth-order valence-corrected chi connectivity index (χ4v) is 3.20. The van der Waals surface area contributed by atoms with Gasteiger partial charge in [-0.1, -0.05) is 29.3 Å². The van der Waals surface area contributed by atoms with Gasteiger partial charge in [0.1, 0.15) is 0 Å². The molecule has 112 valence electrons. The van der Waals surface area contributed by atoms with Crippen molar-refractivity contribution in [2.45, 2.75) is 32.7 Å². The van der Waals surface area contributed by atoms with Gasteiger partial charge < -0.3 is 15.4 Å². The lowest BCUT2D eigenvalue weighted by Crippen LogP contribution is -2.26. The Kier molecular flexibility index (Phi) is 5.58. The zero-order valence-corrected chi connectivity index (χ0v) is 13.1. The van der Waals surface area contributed by atoms with Crippen LogP contribution in [0.2, 0.25) is 0 Å². The number of hydrogen-bond donors (Lipinski definition) is 1. The molecule has 1 saturated heterocycles. The maximum atomic E-state index is 6.35. The van der Waals surface area contributed by atoms with Gasteiger partial charge in [0.05, 0.1) is 6.61 Å². The zero-order valence-electron chi connectivity index (χ0n) is 13.1. The number of benzene rings is 1. The van der Waals surface area contributed by atoms with Gasteiger partial charge in [0.25, 0.3) is 0 Å². The predicted octanol–water partition coefficient (Wildman–Crippen LogP) is 2.66. The molecule has 1 aliphatic rings. The average Bonchev–Trinajstić information content (AvgIpc) is 2.83. The number of rotatable bonds is 6. The van der Waals surface area contributed by atoms with Crippen LogP contribution in [0.4, 0.5) is 0 Å². The van der Waals surface area contributed by atoms with Crippen molar-refractivity contribution in [2.75, 3.05) is 33.4 Å². The SMILES string of the molecule is COCC1CCN(CCC(N)c2cc(C)cc(C)c2)C1. The van der Waals surface area contributed by atoms with Gasteiger partial charge >= 0.3 is 0 Å². The lowest BCUT2D eigenvalue weighted by atomic mass is 10.00. The van der Waals surface area contributed by atoms with E-state index in [1.54, 1.807) is 7.11 Å². The van der Waals surface area contributed by atoms with E-state index in [9.17, 15) is 0 Å². The first-order chi connectivity index (χ1) is 9.58. The van der Waals surface area contributed by atoms with Crippen LogP contribution < -0.4 is 5.73 Å². The molecular weight excluding hydrogens is 248 g/mol. The second-order valence-electron chi connectivity index (χ2n) is 6.23. The van der Waals surface area contributed by atoms with Crippen LogP contribution in [0.3, 0.4) is 0 Å². The highest BCUT2D eigenvalue weighted by Crippen LogP contribution is 2.21. The molecule has 0 amide bonds. The maximum absolute atomic E-state index is 6.35. The third-order valence-corrected chi connectivity index (χ3v) is 4.20. The summed E-state index contributed by atoms with van der Waals surface area (Å²) in [4.78, 5) is 2.52. The van der Waals surface area contributed by atoms with Gasteiger partial charge in [-0.3, -0.25) is 0 Å². The van der Waals surface area contributed by atoms with Gasteiger partial charge in [0.15, 0.2) is 0 Å². The number of ether oxygens (including phenoxy) is 1. The number of likely N-dealkylation sites (tertiary alicyclic amines) is 1. The van der Waals surface area contributed by atoms with Gasteiger partial charge in [-0.2, -0.15) is 0 Å². The first-order valence-corrected chi connectivity index (χ1v) is 7.63. The quantitative estimate of drug-likeness (QED) is 0.868. The number of aryl methyl sites for hydroxylation is 2. The van der Waals surface area contributed by atoms with Crippen molar-refractivity contribution in [3.8, 4) is 0 Å². The smallest absolute Gasteiger partial charge is 0.0503 e. The molecule has 0 bridgehead atoms. The number of methoxy groups -OCH3 is 1. The number of hydrogen-bond acceptors (Lipinski definition) is 3. The molecule has 0 aromatic heterocycles. The average molecular weight is 276 g/mol. The molecule has 3 heteroatoms. The summed E-state index contributed by atoms with van der Waals surface area (Å²) in [6, 6.07) is 6.78. The van der Waals surface area contributed by atoms with Gasteiger partial charge in [0, 0.05) is 19.7 Å². The monoisotopic (exact) mass is 276 g/mol. The van der Waals surface area contributed by atoms with Gasteiger partial charge in [-0.15, -0.1) is 0 Å². The van der Waals surface area contributed by atoms with Gasteiger partial charge in [-0.05, 0) is 51.3 Å². The first kappa shape index (κ1) is 15.5. The Bertz CT molecular complexity index is 413. The summed E-state index contributed by atoms with van der Waals surface area (Å²) in [5, 5.41) is 0. The Hall–Kier alpha value is -0.900. The van der Waals surface area contributed by atoms with E-state index in [1.807, 2.05) is 0 Å². The molecule has 0 saturated carbocycles. The van der Waals surface area contributed by atoms with Crippen molar-refractivity contribution in [1.29, 1.82) is 0 Å². The second-order valence-corrected chi connectivity index (χ2v) is 6.23. The molecule has 1 fully saturated rings. The normalized spacial score (nSPS) is 21.3. The van der Waals surface area contributed by atoms with E-state index in [-0.39, 0.29) is 6.04 Å².